The lowest BCUT2D eigenvalue weighted by Gasteiger charge is -2.33. The van der Waals surface area contributed by atoms with Gasteiger partial charge in [-0.25, -0.2) is 0 Å². The van der Waals surface area contributed by atoms with Crippen LogP contribution in [0.1, 0.15) is 39.5 Å². The molecule has 0 radical (unpaired) electrons. The molecule has 0 amide bonds. The molecule has 0 saturated heterocycles. The second-order valence-corrected chi connectivity index (χ2v) is 6.67. The molecule has 0 aromatic carbocycles. The molecule has 0 aliphatic heterocycles. The zero-order valence-electron chi connectivity index (χ0n) is 10.1. The molecular formula is C11H23NO3S. The largest absolute Gasteiger partial charge is 0.314 e. The number of hydrogen-bond donors (Lipinski definition) is 2. The van der Waals surface area contributed by atoms with Crippen LogP contribution in [0.25, 0.3) is 0 Å². The lowest BCUT2D eigenvalue weighted by atomic mass is 9.80. The van der Waals surface area contributed by atoms with Gasteiger partial charge in [-0.05, 0) is 37.6 Å². The molecule has 0 spiro atoms. The van der Waals surface area contributed by atoms with Crippen molar-refractivity contribution in [3.8, 4) is 0 Å². The van der Waals surface area contributed by atoms with Crippen LogP contribution in [-0.2, 0) is 10.1 Å². The van der Waals surface area contributed by atoms with Crippen molar-refractivity contribution in [2.24, 2.45) is 11.8 Å². The van der Waals surface area contributed by atoms with Gasteiger partial charge in [-0.15, -0.1) is 0 Å². The lowest BCUT2D eigenvalue weighted by Crippen LogP contribution is -2.40. The van der Waals surface area contributed by atoms with Gasteiger partial charge in [0.2, 0.25) is 0 Å². The van der Waals surface area contributed by atoms with Crippen LogP contribution in [0.3, 0.4) is 0 Å². The van der Waals surface area contributed by atoms with E-state index in [1.165, 1.54) is 19.3 Å². The van der Waals surface area contributed by atoms with E-state index in [1.807, 2.05) is 0 Å². The van der Waals surface area contributed by atoms with Crippen LogP contribution in [-0.4, -0.2) is 31.3 Å². The van der Waals surface area contributed by atoms with Crippen LogP contribution in [0.5, 0.6) is 0 Å². The molecule has 1 aliphatic rings. The maximum absolute atomic E-state index is 10.5. The molecule has 96 valence electrons. The molecule has 1 rings (SSSR count). The Bertz CT molecular complexity index is 302. The van der Waals surface area contributed by atoms with Crippen molar-refractivity contribution in [2.75, 3.05) is 12.3 Å². The third-order valence-electron chi connectivity index (χ3n) is 3.44. The fraction of sp³-hybridized carbons (Fsp3) is 1.00. The Morgan fingerprint density at radius 2 is 2.00 bits per heavy atom. The molecule has 2 N–H and O–H groups in total. The number of rotatable bonds is 5. The topological polar surface area (TPSA) is 66.4 Å². The summed E-state index contributed by atoms with van der Waals surface area (Å²) in [6, 6.07) is 0.505. The first-order valence-corrected chi connectivity index (χ1v) is 7.68. The van der Waals surface area contributed by atoms with Crippen molar-refractivity contribution in [3.63, 3.8) is 0 Å². The normalized spacial score (nSPS) is 31.6. The zero-order chi connectivity index (χ0) is 12.2. The Balaban J connectivity index is 2.21. The molecule has 1 aliphatic carbocycles. The van der Waals surface area contributed by atoms with Crippen molar-refractivity contribution in [3.05, 3.63) is 0 Å². The Hall–Kier alpha value is -0.130. The van der Waals surface area contributed by atoms with E-state index in [0.717, 1.165) is 5.92 Å². The molecular weight excluding hydrogens is 226 g/mol. The Morgan fingerprint density at radius 1 is 1.31 bits per heavy atom. The lowest BCUT2D eigenvalue weighted by molar-refractivity contribution is 0.229. The second-order valence-electron chi connectivity index (χ2n) is 5.10. The third-order valence-corrected chi connectivity index (χ3v) is 4.25. The van der Waals surface area contributed by atoms with Gasteiger partial charge >= 0.3 is 0 Å². The summed E-state index contributed by atoms with van der Waals surface area (Å²) in [5.74, 6) is 1.29. The Morgan fingerprint density at radius 3 is 2.62 bits per heavy atom. The molecule has 5 heteroatoms. The van der Waals surface area contributed by atoms with E-state index in [0.29, 0.717) is 24.9 Å². The van der Waals surface area contributed by atoms with E-state index in [1.54, 1.807) is 0 Å². The van der Waals surface area contributed by atoms with Gasteiger partial charge in [0.15, 0.2) is 0 Å². The summed E-state index contributed by atoms with van der Waals surface area (Å²) in [6.45, 7) is 5.17. The van der Waals surface area contributed by atoms with E-state index in [9.17, 15) is 8.42 Å². The molecule has 0 heterocycles. The van der Waals surface area contributed by atoms with Gasteiger partial charge in [0, 0.05) is 6.04 Å². The maximum Gasteiger partial charge on any atom is 0.264 e. The van der Waals surface area contributed by atoms with Gasteiger partial charge < -0.3 is 5.32 Å². The van der Waals surface area contributed by atoms with Gasteiger partial charge in [0.25, 0.3) is 10.1 Å². The minimum atomic E-state index is -3.79. The van der Waals surface area contributed by atoms with Crippen molar-refractivity contribution in [2.45, 2.75) is 45.6 Å². The van der Waals surface area contributed by atoms with Crippen LogP contribution in [0.4, 0.5) is 0 Å². The second kappa shape index (κ2) is 5.98. The Kier molecular flexibility index (Phi) is 5.21. The van der Waals surface area contributed by atoms with Crippen LogP contribution < -0.4 is 5.32 Å². The fourth-order valence-corrected chi connectivity index (χ4v) is 2.87. The predicted molar refractivity (Wildman–Crippen MR) is 65.0 cm³/mol. The van der Waals surface area contributed by atoms with Gasteiger partial charge in [0.05, 0.1) is 5.75 Å². The Labute approximate surface area is 98.6 Å². The minimum Gasteiger partial charge on any atom is -0.314 e. The number of nitrogens with one attached hydrogen (secondary N) is 1. The molecule has 3 unspecified atom stereocenters. The standard InChI is InChI=1S/C11H23NO3S/c1-9-4-5-10(2)11(8-9)12-6-3-7-16(13,14)15/h9-12H,3-8H2,1-2H3,(H,13,14,15). The fourth-order valence-electron chi connectivity index (χ4n) is 2.36. The summed E-state index contributed by atoms with van der Waals surface area (Å²) in [7, 11) is -3.79. The van der Waals surface area contributed by atoms with Crippen LogP contribution >= 0.6 is 0 Å². The monoisotopic (exact) mass is 249 g/mol. The highest BCUT2D eigenvalue weighted by molar-refractivity contribution is 7.85. The first-order chi connectivity index (χ1) is 7.38. The average molecular weight is 249 g/mol. The van der Waals surface area contributed by atoms with E-state index < -0.39 is 10.1 Å². The molecule has 1 fully saturated rings. The van der Waals surface area contributed by atoms with Crippen molar-refractivity contribution < 1.29 is 13.0 Å². The summed E-state index contributed by atoms with van der Waals surface area (Å²) < 4.78 is 29.6. The van der Waals surface area contributed by atoms with E-state index >= 15 is 0 Å². The highest BCUT2D eigenvalue weighted by atomic mass is 32.2. The summed E-state index contributed by atoms with van der Waals surface area (Å²) in [5.41, 5.74) is 0. The average Bonchev–Trinajstić information content (AvgIpc) is 2.16. The van der Waals surface area contributed by atoms with E-state index in [2.05, 4.69) is 19.2 Å². The first kappa shape index (κ1) is 13.9. The molecule has 0 bridgehead atoms. The van der Waals surface area contributed by atoms with Gasteiger partial charge in [0.1, 0.15) is 0 Å². The zero-order valence-corrected chi connectivity index (χ0v) is 11.0. The SMILES string of the molecule is CC1CCC(C)C(NCCCS(=O)(=O)O)C1. The highest BCUT2D eigenvalue weighted by Gasteiger charge is 2.24. The molecule has 16 heavy (non-hydrogen) atoms. The minimum absolute atomic E-state index is 0.142. The molecule has 4 nitrogen and oxygen atoms in total. The molecule has 3 atom stereocenters. The van der Waals surface area contributed by atoms with E-state index in [-0.39, 0.29) is 5.75 Å². The van der Waals surface area contributed by atoms with Gasteiger partial charge in [-0.1, -0.05) is 20.3 Å². The molecule has 1 saturated carbocycles. The van der Waals surface area contributed by atoms with Crippen molar-refractivity contribution in [1.29, 1.82) is 0 Å². The summed E-state index contributed by atoms with van der Waals surface area (Å²) in [5, 5.41) is 3.40. The van der Waals surface area contributed by atoms with Crippen LogP contribution in [0.15, 0.2) is 0 Å². The smallest absolute Gasteiger partial charge is 0.264 e. The van der Waals surface area contributed by atoms with E-state index in [4.69, 9.17) is 4.55 Å². The van der Waals surface area contributed by atoms with Crippen LogP contribution in [0, 0.1) is 11.8 Å². The van der Waals surface area contributed by atoms with Crippen molar-refractivity contribution in [1.82, 2.24) is 5.32 Å². The summed E-state index contributed by atoms with van der Waals surface area (Å²) >= 11 is 0. The quantitative estimate of drug-likeness (QED) is 0.574. The maximum atomic E-state index is 10.5. The summed E-state index contributed by atoms with van der Waals surface area (Å²) in [6.07, 6.45) is 4.20. The van der Waals surface area contributed by atoms with Crippen molar-refractivity contribution >= 4 is 10.1 Å². The molecule has 0 aromatic heterocycles. The van der Waals surface area contributed by atoms with Crippen LogP contribution in [0.2, 0.25) is 0 Å². The third kappa shape index (κ3) is 5.27. The van der Waals surface area contributed by atoms with Gasteiger partial charge in [-0.2, -0.15) is 8.42 Å². The van der Waals surface area contributed by atoms with Gasteiger partial charge in [-0.3, -0.25) is 4.55 Å². The highest BCUT2D eigenvalue weighted by Crippen LogP contribution is 2.28. The molecule has 0 aromatic rings. The number of hydrogen-bond acceptors (Lipinski definition) is 3. The summed E-state index contributed by atoms with van der Waals surface area (Å²) in [4.78, 5) is 0. The predicted octanol–water partition coefficient (Wildman–Crippen LogP) is 1.68. The first-order valence-electron chi connectivity index (χ1n) is 6.07.